The summed E-state index contributed by atoms with van der Waals surface area (Å²) in [5, 5.41) is 18.2. The molecule has 1 rings (SSSR count). The number of carboxylic acid groups (broad SMARTS) is 1. The first-order valence-electron chi connectivity index (χ1n) is 6.09. The lowest BCUT2D eigenvalue weighted by atomic mass is 10.1. The third-order valence-electron chi connectivity index (χ3n) is 2.68. The number of hydrogen-bond acceptors (Lipinski definition) is 3. The van der Waals surface area contributed by atoms with Gasteiger partial charge in [0.05, 0.1) is 17.9 Å². The molecule has 0 bridgehead atoms. The van der Waals surface area contributed by atoms with Gasteiger partial charge in [-0.15, -0.1) is 0 Å². The van der Waals surface area contributed by atoms with Gasteiger partial charge in [0.25, 0.3) is 0 Å². The summed E-state index contributed by atoms with van der Waals surface area (Å²) in [7, 11) is 0. The molecule has 0 aliphatic rings. The molecule has 0 saturated carbocycles. The molecular formula is C12H20N4O3. The van der Waals surface area contributed by atoms with E-state index < -0.39 is 17.5 Å². The fraction of sp³-hybridized carbons (Fsp3) is 0.583. The number of amides is 2. The lowest BCUT2D eigenvalue weighted by Crippen LogP contribution is -2.53. The summed E-state index contributed by atoms with van der Waals surface area (Å²) in [5.74, 6) is -1.09. The van der Waals surface area contributed by atoms with Gasteiger partial charge in [-0.3, -0.25) is 4.68 Å². The molecule has 0 spiro atoms. The van der Waals surface area contributed by atoms with E-state index in [-0.39, 0.29) is 0 Å². The first-order valence-corrected chi connectivity index (χ1v) is 6.09. The van der Waals surface area contributed by atoms with Crippen LogP contribution in [0.15, 0.2) is 6.07 Å². The third kappa shape index (κ3) is 3.97. The predicted octanol–water partition coefficient (Wildman–Crippen LogP) is 0.874. The standard InChI is InChI=1S/C12H20N4O3/c1-5-16-9(6-8(2)15-16)7-13-11(19)14-12(3,4)10(17)18/h6H,5,7H2,1-4H3,(H,17,18)(H2,13,14,19). The van der Waals surface area contributed by atoms with Gasteiger partial charge in [0, 0.05) is 6.54 Å². The molecule has 0 fully saturated rings. The van der Waals surface area contributed by atoms with Crippen molar-refractivity contribution < 1.29 is 14.7 Å². The average molecular weight is 268 g/mol. The normalized spacial score (nSPS) is 11.2. The molecule has 1 aromatic rings. The highest BCUT2D eigenvalue weighted by molar-refractivity contribution is 5.85. The largest absolute Gasteiger partial charge is 0.480 e. The number of carboxylic acids is 1. The van der Waals surface area contributed by atoms with E-state index in [1.165, 1.54) is 13.8 Å². The fourth-order valence-corrected chi connectivity index (χ4v) is 1.57. The van der Waals surface area contributed by atoms with E-state index in [1.807, 2.05) is 19.9 Å². The van der Waals surface area contributed by atoms with E-state index >= 15 is 0 Å². The molecule has 0 aliphatic carbocycles. The Morgan fingerprint density at radius 1 is 1.47 bits per heavy atom. The van der Waals surface area contributed by atoms with Crippen molar-refractivity contribution in [1.29, 1.82) is 0 Å². The van der Waals surface area contributed by atoms with Crippen LogP contribution >= 0.6 is 0 Å². The Kier molecular flexibility index (Phi) is 4.52. The van der Waals surface area contributed by atoms with Crippen molar-refractivity contribution in [3.05, 3.63) is 17.5 Å². The number of nitrogens with one attached hydrogen (secondary N) is 2. The van der Waals surface area contributed by atoms with Gasteiger partial charge in [-0.2, -0.15) is 5.10 Å². The molecule has 7 nitrogen and oxygen atoms in total. The van der Waals surface area contributed by atoms with Crippen LogP contribution in [0.5, 0.6) is 0 Å². The van der Waals surface area contributed by atoms with Crippen molar-refractivity contribution in [3.63, 3.8) is 0 Å². The van der Waals surface area contributed by atoms with Crippen LogP contribution in [0.4, 0.5) is 4.79 Å². The number of carbonyl (C=O) groups is 2. The number of rotatable bonds is 5. The van der Waals surface area contributed by atoms with E-state index in [9.17, 15) is 9.59 Å². The molecule has 0 unspecified atom stereocenters. The summed E-state index contributed by atoms with van der Waals surface area (Å²) < 4.78 is 1.79. The fourth-order valence-electron chi connectivity index (χ4n) is 1.57. The Labute approximate surface area is 112 Å². The Bertz CT molecular complexity index is 479. The molecule has 1 aromatic heterocycles. The maximum Gasteiger partial charge on any atom is 0.328 e. The molecule has 0 aliphatic heterocycles. The summed E-state index contributed by atoms with van der Waals surface area (Å²) >= 11 is 0. The molecule has 0 atom stereocenters. The molecule has 19 heavy (non-hydrogen) atoms. The Hall–Kier alpha value is -2.05. The van der Waals surface area contributed by atoms with Gasteiger partial charge in [0.15, 0.2) is 0 Å². The number of hydrogen-bond donors (Lipinski definition) is 3. The zero-order valence-electron chi connectivity index (χ0n) is 11.6. The number of aryl methyl sites for hydroxylation is 2. The van der Waals surface area contributed by atoms with Crippen molar-refractivity contribution in [3.8, 4) is 0 Å². The summed E-state index contributed by atoms with van der Waals surface area (Å²) in [5.41, 5.74) is 0.457. The first-order chi connectivity index (χ1) is 8.76. The van der Waals surface area contributed by atoms with Gasteiger partial charge < -0.3 is 15.7 Å². The van der Waals surface area contributed by atoms with Crippen LogP contribution in [0.3, 0.4) is 0 Å². The number of carbonyl (C=O) groups excluding carboxylic acids is 1. The average Bonchev–Trinajstić information content (AvgIpc) is 2.66. The quantitative estimate of drug-likeness (QED) is 0.738. The SMILES string of the molecule is CCn1nc(C)cc1CNC(=O)NC(C)(C)C(=O)O. The second-order valence-electron chi connectivity index (χ2n) is 4.83. The maximum absolute atomic E-state index is 11.6. The molecule has 0 aromatic carbocycles. The Balaban J connectivity index is 2.57. The highest BCUT2D eigenvalue weighted by Crippen LogP contribution is 2.04. The zero-order chi connectivity index (χ0) is 14.6. The molecule has 2 amide bonds. The van der Waals surface area contributed by atoms with Gasteiger partial charge in [0.1, 0.15) is 5.54 Å². The van der Waals surface area contributed by atoms with Crippen molar-refractivity contribution in [1.82, 2.24) is 20.4 Å². The molecule has 0 radical (unpaired) electrons. The highest BCUT2D eigenvalue weighted by atomic mass is 16.4. The van der Waals surface area contributed by atoms with E-state index in [4.69, 9.17) is 5.11 Å². The monoisotopic (exact) mass is 268 g/mol. The van der Waals surface area contributed by atoms with Gasteiger partial charge in [-0.1, -0.05) is 0 Å². The van der Waals surface area contributed by atoms with E-state index in [1.54, 1.807) is 4.68 Å². The minimum atomic E-state index is -1.30. The number of aromatic nitrogens is 2. The van der Waals surface area contributed by atoms with E-state index in [2.05, 4.69) is 15.7 Å². The molecule has 106 valence electrons. The van der Waals surface area contributed by atoms with Gasteiger partial charge in [-0.25, -0.2) is 9.59 Å². The first kappa shape index (κ1) is 15.0. The van der Waals surface area contributed by atoms with Gasteiger partial charge >= 0.3 is 12.0 Å². The molecule has 1 heterocycles. The van der Waals surface area contributed by atoms with Crippen molar-refractivity contribution in [2.45, 2.75) is 46.3 Å². The van der Waals surface area contributed by atoms with Crippen LogP contribution in [0.25, 0.3) is 0 Å². The minimum absolute atomic E-state index is 0.302. The molecule has 7 heteroatoms. The minimum Gasteiger partial charge on any atom is -0.480 e. The van der Waals surface area contributed by atoms with Crippen LogP contribution in [0.2, 0.25) is 0 Å². The van der Waals surface area contributed by atoms with Crippen LogP contribution < -0.4 is 10.6 Å². The Morgan fingerprint density at radius 2 is 2.11 bits per heavy atom. The summed E-state index contributed by atoms with van der Waals surface area (Å²) in [4.78, 5) is 22.5. The molecular weight excluding hydrogens is 248 g/mol. The lowest BCUT2D eigenvalue weighted by molar-refractivity contribution is -0.142. The summed E-state index contributed by atoms with van der Waals surface area (Å²) in [6.45, 7) is 7.71. The van der Waals surface area contributed by atoms with Crippen molar-refractivity contribution in [2.24, 2.45) is 0 Å². The summed E-state index contributed by atoms with van der Waals surface area (Å²) in [6.07, 6.45) is 0. The predicted molar refractivity (Wildman–Crippen MR) is 69.7 cm³/mol. The second-order valence-corrected chi connectivity index (χ2v) is 4.83. The highest BCUT2D eigenvalue weighted by Gasteiger charge is 2.28. The number of urea groups is 1. The van der Waals surface area contributed by atoms with E-state index in [0.717, 1.165) is 11.4 Å². The van der Waals surface area contributed by atoms with Crippen LogP contribution in [0.1, 0.15) is 32.2 Å². The van der Waals surface area contributed by atoms with E-state index in [0.29, 0.717) is 13.1 Å². The van der Waals surface area contributed by atoms with Crippen LogP contribution in [-0.4, -0.2) is 32.4 Å². The molecule has 0 saturated heterocycles. The van der Waals surface area contributed by atoms with Crippen LogP contribution in [0, 0.1) is 6.92 Å². The summed E-state index contributed by atoms with van der Waals surface area (Å²) in [6, 6.07) is 1.36. The molecule has 3 N–H and O–H groups in total. The van der Waals surface area contributed by atoms with Crippen LogP contribution in [-0.2, 0) is 17.9 Å². The van der Waals surface area contributed by atoms with Gasteiger partial charge in [-0.05, 0) is 33.8 Å². The number of aliphatic carboxylic acids is 1. The second kappa shape index (κ2) is 5.73. The zero-order valence-corrected chi connectivity index (χ0v) is 11.6. The lowest BCUT2D eigenvalue weighted by Gasteiger charge is -2.21. The third-order valence-corrected chi connectivity index (χ3v) is 2.68. The number of nitrogens with zero attached hydrogens (tertiary/aromatic N) is 2. The topological polar surface area (TPSA) is 96.3 Å². The maximum atomic E-state index is 11.6. The van der Waals surface area contributed by atoms with Crippen molar-refractivity contribution >= 4 is 12.0 Å². The Morgan fingerprint density at radius 3 is 2.63 bits per heavy atom. The van der Waals surface area contributed by atoms with Crippen molar-refractivity contribution in [2.75, 3.05) is 0 Å². The smallest absolute Gasteiger partial charge is 0.328 e. The van der Waals surface area contributed by atoms with Gasteiger partial charge in [0.2, 0.25) is 0 Å².